The van der Waals surface area contributed by atoms with Crippen LogP contribution in [-0.4, -0.2) is 6.71 Å². The summed E-state index contributed by atoms with van der Waals surface area (Å²) in [6, 6.07) is -1.20. The van der Waals surface area contributed by atoms with E-state index in [0.717, 1.165) is 38.5 Å². The molecular formula is C50H62BNO. The molecule has 4 aromatic carbocycles. The number of hydrogen-bond acceptors (Lipinski definition) is 2. The predicted molar refractivity (Wildman–Crippen MR) is 227 cm³/mol. The van der Waals surface area contributed by atoms with E-state index >= 15 is 0 Å². The van der Waals surface area contributed by atoms with Gasteiger partial charge in [0.25, 0.3) is 6.71 Å². The van der Waals surface area contributed by atoms with Crippen molar-refractivity contribution in [2.24, 2.45) is 17.8 Å². The summed E-state index contributed by atoms with van der Waals surface area (Å²) in [7, 11) is 0. The van der Waals surface area contributed by atoms with Crippen LogP contribution in [-0.2, 0) is 27.1 Å². The summed E-state index contributed by atoms with van der Waals surface area (Å²) >= 11 is 0. The molecule has 276 valence electrons. The average molecular weight is 715 g/mol. The van der Waals surface area contributed by atoms with Crippen LogP contribution in [0.4, 0.5) is 17.1 Å². The molecule has 4 fully saturated rings. The third-order valence-electron chi connectivity index (χ3n) is 12.7. The number of anilines is 3. The Kier molecular flexibility index (Phi) is 5.30. The van der Waals surface area contributed by atoms with Crippen molar-refractivity contribution in [2.75, 3.05) is 4.90 Å². The molecule has 0 radical (unpaired) electrons. The van der Waals surface area contributed by atoms with E-state index in [1.807, 2.05) is 83.1 Å². The molecule has 4 saturated carbocycles. The lowest BCUT2D eigenvalue weighted by molar-refractivity contribution is -0.00524. The normalized spacial score (nSPS) is 27.4. The molecule has 2 heterocycles. The quantitative estimate of drug-likeness (QED) is 0.166. The number of fused-ring (bicyclic) bond motifs is 4. The maximum absolute atomic E-state index is 10.3. The van der Waals surface area contributed by atoms with Gasteiger partial charge in [-0.15, -0.1) is 0 Å². The van der Waals surface area contributed by atoms with Crippen molar-refractivity contribution in [3.8, 4) is 11.5 Å². The predicted octanol–water partition coefficient (Wildman–Crippen LogP) is 11.7. The minimum absolute atomic E-state index is 0.00776. The fraction of sp³-hybridized carbons (Fsp3) is 0.520. The molecule has 2 nitrogen and oxygen atoms in total. The Morgan fingerprint density at radius 3 is 1.62 bits per heavy atom. The van der Waals surface area contributed by atoms with Crippen molar-refractivity contribution in [1.29, 1.82) is 0 Å². The molecule has 0 atom stereocenters. The van der Waals surface area contributed by atoms with Crippen molar-refractivity contribution in [3.63, 3.8) is 0 Å². The third-order valence-corrected chi connectivity index (χ3v) is 12.7. The summed E-state index contributed by atoms with van der Waals surface area (Å²) in [4.78, 5) is 1.57. The second kappa shape index (κ2) is 11.3. The summed E-state index contributed by atoms with van der Waals surface area (Å²) < 4.78 is 117. The minimum Gasteiger partial charge on any atom is -0.458 e. The van der Waals surface area contributed by atoms with Crippen LogP contribution in [0.3, 0.4) is 0 Å². The first-order valence-electron chi connectivity index (χ1n) is 25.4. The SMILES string of the molecule is [2H]c1c([2H])c(C23CC4CC(CC(C4)C2)C3)c([2H])c2c1B1c3c([2H])c([2H])c(C(C)(C)C)c([2H])c3N(c3c([2H])c(C(C)(C)C)c([2H])c(C(C)(C)C)c3[2H])c3c([2H])c(C(C)(C)C)c([2H])c(c31)O2. The van der Waals surface area contributed by atoms with Crippen LogP contribution in [0.15, 0.2) is 66.5 Å². The monoisotopic (exact) mass is 715 g/mol. The molecule has 4 aliphatic carbocycles. The van der Waals surface area contributed by atoms with E-state index in [1.54, 1.807) is 4.90 Å². The van der Waals surface area contributed by atoms with Crippen molar-refractivity contribution in [2.45, 2.75) is 149 Å². The second-order valence-electron chi connectivity index (χ2n) is 21.3. The topological polar surface area (TPSA) is 12.5 Å². The van der Waals surface area contributed by atoms with Gasteiger partial charge in [0.15, 0.2) is 0 Å². The first-order valence-corrected chi connectivity index (χ1v) is 19.9. The van der Waals surface area contributed by atoms with Gasteiger partial charge >= 0.3 is 0 Å². The van der Waals surface area contributed by atoms with Gasteiger partial charge in [-0.25, -0.2) is 0 Å². The van der Waals surface area contributed by atoms with Gasteiger partial charge in [0.1, 0.15) is 11.5 Å². The van der Waals surface area contributed by atoms with Crippen LogP contribution >= 0.6 is 0 Å². The number of hydrogen-bond donors (Lipinski definition) is 0. The van der Waals surface area contributed by atoms with E-state index in [2.05, 4.69) is 0 Å². The van der Waals surface area contributed by atoms with Gasteiger partial charge in [0.05, 0.1) is 15.1 Å². The molecule has 53 heavy (non-hydrogen) atoms. The number of benzene rings is 4. The van der Waals surface area contributed by atoms with E-state index in [9.17, 15) is 15.1 Å². The smallest absolute Gasteiger partial charge is 0.256 e. The zero-order valence-corrected chi connectivity index (χ0v) is 33.9. The standard InChI is InChI=1S/C50H62BNO/c1-46(2,3)33-13-15-39-41(23-33)52(38-21-35(47(4,5)6)20-36(22-38)48(7,8)9)42-24-37(49(10,11)12)26-44-45(42)51(39)40-16-14-34(25-43(40)53-44)50-27-30-17-31(28-50)19-32(18-30)29-50/h13-16,20-26,30-32H,17-19,27-29H2,1-12H3/i13D,14D,15D,16D,20D,21D,22D,23D,24D,25D,26D. The zero-order valence-electron chi connectivity index (χ0n) is 44.9. The molecule has 0 amide bonds. The molecule has 10 rings (SSSR count). The molecule has 0 saturated heterocycles. The van der Waals surface area contributed by atoms with E-state index in [0.29, 0.717) is 40.0 Å². The van der Waals surface area contributed by atoms with Gasteiger partial charge in [0.2, 0.25) is 0 Å². The van der Waals surface area contributed by atoms with E-state index in [4.69, 9.17) is 4.74 Å². The van der Waals surface area contributed by atoms with Gasteiger partial charge in [-0.2, -0.15) is 0 Å². The number of rotatable bonds is 2. The Balaban J connectivity index is 1.50. The van der Waals surface area contributed by atoms with Gasteiger partial charge in [-0.3, -0.25) is 0 Å². The molecule has 0 spiro atoms. The Labute approximate surface area is 336 Å². The number of ether oxygens (including phenoxy) is 1. The van der Waals surface area contributed by atoms with E-state index < -0.39 is 33.8 Å². The van der Waals surface area contributed by atoms with Gasteiger partial charge < -0.3 is 9.64 Å². The van der Waals surface area contributed by atoms with Gasteiger partial charge in [-0.1, -0.05) is 113 Å². The molecule has 4 bridgehead atoms. The highest BCUT2D eigenvalue weighted by Crippen LogP contribution is 2.61. The molecule has 0 aromatic heterocycles. The minimum atomic E-state index is -1.20. The highest BCUT2D eigenvalue weighted by atomic mass is 16.5. The molecular weight excluding hydrogens is 641 g/mol. The molecule has 2 aliphatic heterocycles. The first-order chi connectivity index (χ1) is 29.3. The summed E-state index contributed by atoms with van der Waals surface area (Å²) in [5.41, 5.74) is -1.12. The highest BCUT2D eigenvalue weighted by molar-refractivity contribution is 6.99. The van der Waals surface area contributed by atoms with Crippen LogP contribution in [0.5, 0.6) is 11.5 Å². The molecule has 3 heteroatoms. The summed E-state index contributed by atoms with van der Waals surface area (Å²) in [5, 5.41) is 0. The number of nitrogens with zero attached hydrogens (tertiary/aromatic N) is 1. The Morgan fingerprint density at radius 1 is 0.566 bits per heavy atom. The van der Waals surface area contributed by atoms with Crippen molar-refractivity contribution in [1.82, 2.24) is 0 Å². The van der Waals surface area contributed by atoms with E-state index in [1.165, 1.54) is 0 Å². The van der Waals surface area contributed by atoms with Gasteiger partial charge in [-0.05, 0) is 164 Å². The molecule has 0 N–H and O–H groups in total. The molecule has 4 aromatic rings. The highest BCUT2D eigenvalue weighted by Gasteiger charge is 2.52. The molecule has 0 unspecified atom stereocenters. The lowest BCUT2D eigenvalue weighted by Crippen LogP contribution is -2.60. The fourth-order valence-electron chi connectivity index (χ4n) is 10.1. The zero-order chi connectivity index (χ0) is 47.2. The van der Waals surface area contributed by atoms with Crippen LogP contribution in [0, 0.1) is 17.8 Å². The van der Waals surface area contributed by atoms with Crippen molar-refractivity contribution < 1.29 is 19.8 Å². The van der Waals surface area contributed by atoms with Crippen LogP contribution in [0.2, 0.25) is 0 Å². The maximum Gasteiger partial charge on any atom is 0.256 e. The average Bonchev–Trinajstić information content (AvgIpc) is 3.11. The summed E-state index contributed by atoms with van der Waals surface area (Å²) in [6.45, 7) is 21.6. The molecule has 6 aliphatic rings. The lowest BCUT2D eigenvalue weighted by Gasteiger charge is -2.57. The second-order valence-corrected chi connectivity index (χ2v) is 21.3. The van der Waals surface area contributed by atoms with Crippen LogP contribution < -0.4 is 26.0 Å². The third kappa shape index (κ3) is 5.72. The van der Waals surface area contributed by atoms with Gasteiger partial charge in [0, 0.05) is 17.1 Å². The lowest BCUT2D eigenvalue weighted by atomic mass is 9.34. The van der Waals surface area contributed by atoms with Crippen molar-refractivity contribution in [3.05, 3.63) is 94.3 Å². The summed E-state index contributed by atoms with van der Waals surface area (Å²) in [6.07, 6.45) is 6.01. The van der Waals surface area contributed by atoms with E-state index in [-0.39, 0.29) is 117 Å². The Morgan fingerprint density at radius 2 is 1.08 bits per heavy atom. The van der Waals surface area contributed by atoms with Crippen LogP contribution in [0.25, 0.3) is 0 Å². The van der Waals surface area contributed by atoms with Crippen molar-refractivity contribution >= 4 is 40.2 Å². The Hall–Kier alpha value is -3.46. The maximum atomic E-state index is 10.3. The first kappa shape index (κ1) is 24.9. The largest absolute Gasteiger partial charge is 0.458 e. The van der Waals surface area contributed by atoms with Crippen LogP contribution in [0.1, 0.15) is 165 Å². The fourth-order valence-corrected chi connectivity index (χ4v) is 10.1. The summed E-state index contributed by atoms with van der Waals surface area (Å²) in [5.74, 6) is 1.58. The Bertz CT molecular complexity index is 2650.